The quantitative estimate of drug-likeness (QED) is 0.244. The summed E-state index contributed by atoms with van der Waals surface area (Å²) in [6.45, 7) is 2.93. The van der Waals surface area contributed by atoms with Gasteiger partial charge in [0.1, 0.15) is 23.5 Å². The lowest BCUT2D eigenvalue weighted by Gasteiger charge is -2.31. The molecule has 0 radical (unpaired) electrons. The van der Waals surface area contributed by atoms with Crippen LogP contribution in [-0.2, 0) is 36.0 Å². The lowest BCUT2D eigenvalue weighted by Crippen LogP contribution is -2.36. The first-order valence-corrected chi connectivity index (χ1v) is 15.9. The summed E-state index contributed by atoms with van der Waals surface area (Å²) in [5, 5.41) is 11.2. The van der Waals surface area contributed by atoms with Gasteiger partial charge < -0.3 is 29.6 Å². The molecule has 1 saturated heterocycles. The smallest absolute Gasteiger partial charge is 0.229 e. The van der Waals surface area contributed by atoms with Crippen molar-refractivity contribution < 1.29 is 14.0 Å². The SMILES string of the molecule is COc1cc(N2CCOCC2)c(-c2cnn(C)c2)cc1Nc1ncc(Br)c(Nc2cc3c(cc2N(C)[S+](C)[O-])CC3)n1. The minimum absolute atomic E-state index is 0.396. The molecular weight excluding hydrogens is 620 g/mol. The first kappa shape index (κ1) is 28.6. The second-order valence-corrected chi connectivity index (χ2v) is 12.5. The van der Waals surface area contributed by atoms with Gasteiger partial charge in [0.15, 0.2) is 0 Å². The Bertz CT molecular complexity index is 1610. The molecule has 1 fully saturated rings. The van der Waals surface area contributed by atoms with E-state index >= 15 is 0 Å². The second-order valence-electron chi connectivity index (χ2n) is 10.3. The van der Waals surface area contributed by atoms with Crippen molar-refractivity contribution in [2.24, 2.45) is 7.05 Å². The van der Waals surface area contributed by atoms with Crippen molar-refractivity contribution in [2.45, 2.75) is 12.8 Å². The van der Waals surface area contributed by atoms with Crippen LogP contribution in [0, 0.1) is 0 Å². The summed E-state index contributed by atoms with van der Waals surface area (Å²) in [6.07, 6.45) is 9.30. The minimum atomic E-state index is -1.17. The number of aryl methyl sites for hydroxylation is 3. The fourth-order valence-corrected chi connectivity index (χ4v) is 5.91. The summed E-state index contributed by atoms with van der Waals surface area (Å²) in [5.74, 6) is 1.65. The van der Waals surface area contributed by atoms with Crippen LogP contribution in [-0.4, -0.2) is 71.0 Å². The Labute approximate surface area is 256 Å². The summed E-state index contributed by atoms with van der Waals surface area (Å²) in [7, 11) is 5.39. The highest BCUT2D eigenvalue weighted by Gasteiger charge is 2.24. The molecule has 2 N–H and O–H groups in total. The van der Waals surface area contributed by atoms with Crippen molar-refractivity contribution in [2.75, 3.05) is 66.6 Å². The number of nitrogens with one attached hydrogen (secondary N) is 2. The van der Waals surface area contributed by atoms with Gasteiger partial charge >= 0.3 is 0 Å². The van der Waals surface area contributed by atoms with E-state index in [0.717, 1.165) is 59.8 Å². The second kappa shape index (κ2) is 12.0. The molecule has 0 bridgehead atoms. The number of ether oxygens (including phenoxy) is 2. The van der Waals surface area contributed by atoms with Crippen molar-refractivity contribution >= 4 is 61.8 Å². The zero-order valence-corrected chi connectivity index (χ0v) is 26.4. The van der Waals surface area contributed by atoms with Crippen LogP contribution >= 0.6 is 15.9 Å². The van der Waals surface area contributed by atoms with Crippen LogP contribution in [0.15, 0.2) is 47.3 Å². The number of anilines is 6. The third kappa shape index (κ3) is 5.74. The number of benzene rings is 2. The van der Waals surface area contributed by atoms with Gasteiger partial charge in [-0.1, -0.05) is 0 Å². The topological polar surface area (TPSA) is 116 Å². The molecule has 13 heteroatoms. The van der Waals surface area contributed by atoms with E-state index in [0.29, 0.717) is 35.2 Å². The Hall–Kier alpha value is -3.52. The maximum atomic E-state index is 12.3. The summed E-state index contributed by atoms with van der Waals surface area (Å²) in [4.78, 5) is 11.6. The Morgan fingerprint density at radius 3 is 2.50 bits per heavy atom. The number of nitrogens with zero attached hydrogens (tertiary/aromatic N) is 6. The van der Waals surface area contributed by atoms with Crippen molar-refractivity contribution in [3.8, 4) is 16.9 Å². The number of halogens is 1. The third-order valence-electron chi connectivity index (χ3n) is 7.64. The average Bonchev–Trinajstić information content (AvgIpc) is 3.42. The standard InChI is InChI=1S/C29H33BrN8O3S/c1-36-17-20(15-32-36)21-13-24(27(40-3)14-25(21)38-7-9-41-10-8-38)34-29-31-16-22(30)28(35-29)33-23-11-18-5-6-19(18)12-26(23)37(2)42(4)39/h11-17H,5-10H2,1-4H3,(H2,31,33,34,35). The van der Waals surface area contributed by atoms with Gasteiger partial charge in [0.2, 0.25) is 5.95 Å². The predicted molar refractivity (Wildman–Crippen MR) is 171 cm³/mol. The van der Waals surface area contributed by atoms with Gasteiger partial charge in [0.05, 0.1) is 60.8 Å². The van der Waals surface area contributed by atoms with E-state index in [-0.39, 0.29) is 0 Å². The minimum Gasteiger partial charge on any atom is -0.593 e. The van der Waals surface area contributed by atoms with Crippen LogP contribution in [0.2, 0.25) is 0 Å². The number of hydrogen-bond acceptors (Lipinski definition) is 10. The normalized spacial score (nSPS) is 15.0. The predicted octanol–water partition coefficient (Wildman–Crippen LogP) is 4.80. The Morgan fingerprint density at radius 2 is 1.83 bits per heavy atom. The largest absolute Gasteiger partial charge is 0.593 e. The van der Waals surface area contributed by atoms with Crippen LogP contribution in [0.5, 0.6) is 5.75 Å². The molecule has 1 aliphatic carbocycles. The molecular formula is C29H33BrN8O3S. The lowest BCUT2D eigenvalue weighted by molar-refractivity contribution is 0.122. The van der Waals surface area contributed by atoms with Crippen LogP contribution < -0.4 is 24.6 Å². The summed E-state index contributed by atoms with van der Waals surface area (Å²) in [5.41, 5.74) is 8.06. The molecule has 6 rings (SSSR count). The highest BCUT2D eigenvalue weighted by Crippen LogP contribution is 2.41. The van der Waals surface area contributed by atoms with E-state index in [1.54, 1.807) is 28.5 Å². The summed E-state index contributed by atoms with van der Waals surface area (Å²) < 4.78 is 28.0. The zero-order valence-electron chi connectivity index (χ0n) is 24.0. The fraction of sp³-hybridized carbons (Fsp3) is 0.345. The van der Waals surface area contributed by atoms with Crippen LogP contribution in [0.25, 0.3) is 11.1 Å². The molecule has 1 aliphatic heterocycles. The van der Waals surface area contributed by atoms with Crippen molar-refractivity contribution in [1.29, 1.82) is 0 Å². The average molecular weight is 654 g/mol. The van der Waals surface area contributed by atoms with Crippen molar-refractivity contribution in [1.82, 2.24) is 19.7 Å². The Balaban J connectivity index is 1.35. The molecule has 2 aliphatic rings. The molecule has 0 amide bonds. The molecule has 1 atom stereocenters. The van der Waals surface area contributed by atoms with Gasteiger partial charge in [0.25, 0.3) is 0 Å². The number of fused-ring (bicyclic) bond motifs is 1. The Kier molecular flexibility index (Phi) is 8.17. The van der Waals surface area contributed by atoms with E-state index in [2.05, 4.69) is 59.7 Å². The van der Waals surface area contributed by atoms with Crippen molar-refractivity contribution in [3.63, 3.8) is 0 Å². The van der Waals surface area contributed by atoms with E-state index in [1.807, 2.05) is 32.6 Å². The molecule has 11 nitrogen and oxygen atoms in total. The van der Waals surface area contributed by atoms with Crippen molar-refractivity contribution in [3.05, 3.63) is 58.5 Å². The molecule has 1 unspecified atom stereocenters. The molecule has 3 heterocycles. The number of hydrogen-bond donors (Lipinski definition) is 2. The number of morpholine rings is 1. The Morgan fingerprint density at radius 1 is 1.07 bits per heavy atom. The van der Waals surface area contributed by atoms with Gasteiger partial charge in [-0.05, 0) is 58.1 Å². The lowest BCUT2D eigenvalue weighted by atomic mass is 9.87. The molecule has 4 aromatic rings. The van der Waals surface area contributed by atoms with Gasteiger partial charge in [-0.2, -0.15) is 14.4 Å². The van der Waals surface area contributed by atoms with E-state index in [4.69, 9.17) is 14.5 Å². The highest BCUT2D eigenvalue weighted by molar-refractivity contribution is 9.10. The first-order chi connectivity index (χ1) is 20.3. The number of aromatic nitrogens is 4. The molecule has 42 heavy (non-hydrogen) atoms. The van der Waals surface area contributed by atoms with E-state index in [9.17, 15) is 4.55 Å². The van der Waals surface area contributed by atoms with Gasteiger partial charge in [0, 0.05) is 55.4 Å². The van der Waals surface area contributed by atoms with Gasteiger partial charge in [-0.25, -0.2) is 4.98 Å². The number of methoxy groups -OCH3 is 1. The molecule has 0 saturated carbocycles. The highest BCUT2D eigenvalue weighted by atomic mass is 79.9. The van der Waals surface area contributed by atoms with Crippen LogP contribution in [0.3, 0.4) is 0 Å². The molecule has 220 valence electrons. The maximum Gasteiger partial charge on any atom is 0.229 e. The zero-order chi connectivity index (χ0) is 29.4. The first-order valence-electron chi connectivity index (χ1n) is 13.6. The fourth-order valence-electron chi connectivity index (χ4n) is 5.19. The summed E-state index contributed by atoms with van der Waals surface area (Å²) in [6, 6.07) is 8.33. The van der Waals surface area contributed by atoms with E-state index in [1.165, 1.54) is 11.1 Å². The number of rotatable bonds is 9. The van der Waals surface area contributed by atoms with Gasteiger partial charge in [-0.15, -0.1) is 0 Å². The molecule has 0 spiro atoms. The summed E-state index contributed by atoms with van der Waals surface area (Å²) >= 11 is 2.42. The van der Waals surface area contributed by atoms with E-state index < -0.39 is 11.4 Å². The van der Waals surface area contributed by atoms with Crippen LogP contribution in [0.4, 0.5) is 34.5 Å². The maximum absolute atomic E-state index is 12.3. The molecule has 2 aromatic carbocycles. The van der Waals surface area contributed by atoms with Gasteiger partial charge in [-0.3, -0.25) is 4.68 Å². The monoisotopic (exact) mass is 652 g/mol. The van der Waals surface area contributed by atoms with Crippen LogP contribution in [0.1, 0.15) is 11.1 Å². The third-order valence-corrected chi connectivity index (χ3v) is 9.18. The molecule has 2 aromatic heterocycles.